The van der Waals surface area contributed by atoms with Crippen LogP contribution in [0.1, 0.15) is 25.1 Å². The van der Waals surface area contributed by atoms with Crippen LogP contribution in [0.5, 0.6) is 0 Å². The van der Waals surface area contributed by atoms with Crippen molar-refractivity contribution in [1.29, 1.82) is 0 Å². The van der Waals surface area contributed by atoms with Crippen LogP contribution in [0.2, 0.25) is 0 Å². The van der Waals surface area contributed by atoms with Gasteiger partial charge in [-0.15, -0.1) is 0 Å². The molecule has 7 nitrogen and oxygen atoms in total. The molecule has 1 amide bonds. The van der Waals surface area contributed by atoms with Crippen LogP contribution >= 0.6 is 0 Å². The monoisotopic (exact) mass is 396 g/mol. The van der Waals surface area contributed by atoms with Crippen molar-refractivity contribution in [2.45, 2.75) is 25.4 Å². The van der Waals surface area contributed by atoms with E-state index in [1.165, 1.54) is 18.2 Å². The number of carbonyl (C=O) groups is 2. The summed E-state index contributed by atoms with van der Waals surface area (Å²) in [4.78, 5) is 31.6. The predicted molar refractivity (Wildman–Crippen MR) is 93.6 cm³/mol. The second-order valence-corrected chi connectivity index (χ2v) is 7.58. The van der Waals surface area contributed by atoms with Gasteiger partial charge in [-0.2, -0.15) is 13.2 Å². The minimum absolute atomic E-state index is 0.0420. The van der Waals surface area contributed by atoms with Crippen molar-refractivity contribution in [3.63, 3.8) is 0 Å². The lowest BCUT2D eigenvalue weighted by atomic mass is 9.81. The average molecular weight is 396 g/mol. The van der Waals surface area contributed by atoms with Gasteiger partial charge < -0.3 is 15.4 Å². The number of hydrogen-bond acceptors (Lipinski definition) is 4. The van der Waals surface area contributed by atoms with Gasteiger partial charge in [0.05, 0.1) is 23.0 Å². The van der Waals surface area contributed by atoms with Gasteiger partial charge >= 0.3 is 12.1 Å². The van der Waals surface area contributed by atoms with E-state index in [2.05, 4.69) is 15.3 Å². The Morgan fingerprint density at radius 1 is 1.39 bits per heavy atom. The number of nitrogens with one attached hydrogen (secondary N) is 2. The number of hydrogen-bond donors (Lipinski definition) is 3. The fourth-order valence-corrected chi connectivity index (χ4v) is 4.49. The fraction of sp³-hybridized carbons (Fsp3) is 0.500. The van der Waals surface area contributed by atoms with Gasteiger partial charge in [-0.25, -0.2) is 4.98 Å². The van der Waals surface area contributed by atoms with Crippen molar-refractivity contribution in [3.05, 3.63) is 24.0 Å². The summed E-state index contributed by atoms with van der Waals surface area (Å²) >= 11 is 0. The molecule has 2 atom stereocenters. The maximum atomic E-state index is 12.7. The number of carboxylic acids is 1. The summed E-state index contributed by atoms with van der Waals surface area (Å²) in [5, 5.41) is 12.3. The molecule has 1 aromatic carbocycles. The number of fused-ring (bicyclic) bond motifs is 2. The molecule has 0 radical (unpaired) electrons. The zero-order valence-corrected chi connectivity index (χ0v) is 14.8. The highest BCUT2D eigenvalue weighted by molar-refractivity contribution is 5.94. The van der Waals surface area contributed by atoms with Gasteiger partial charge in [0, 0.05) is 18.8 Å². The molecule has 1 saturated heterocycles. The summed E-state index contributed by atoms with van der Waals surface area (Å²) in [6, 6.07) is 4.28. The predicted octanol–water partition coefficient (Wildman–Crippen LogP) is 2.71. The largest absolute Gasteiger partial charge is 0.481 e. The molecule has 2 aliphatic rings. The molecular weight excluding hydrogens is 377 g/mol. The third-order valence-electron chi connectivity index (χ3n) is 5.77. The molecule has 3 N–H and O–H groups in total. The summed E-state index contributed by atoms with van der Waals surface area (Å²) in [5.41, 5.74) is -0.0858. The molecule has 28 heavy (non-hydrogen) atoms. The van der Waals surface area contributed by atoms with Crippen molar-refractivity contribution >= 4 is 28.6 Å². The van der Waals surface area contributed by atoms with E-state index in [1.807, 2.05) is 4.90 Å². The molecule has 1 aromatic heterocycles. The summed E-state index contributed by atoms with van der Waals surface area (Å²) < 4.78 is 38.2. The normalized spacial score (nSPS) is 25.2. The Morgan fingerprint density at radius 2 is 2.18 bits per heavy atom. The molecule has 0 bridgehead atoms. The first kappa shape index (κ1) is 18.7. The van der Waals surface area contributed by atoms with Crippen LogP contribution < -0.4 is 5.32 Å². The summed E-state index contributed by atoms with van der Waals surface area (Å²) in [6.07, 6.45) is -2.21. The number of carboxylic acid groups (broad SMARTS) is 1. The molecule has 0 unspecified atom stereocenters. The maximum absolute atomic E-state index is 12.7. The Bertz CT molecular complexity index is 942. The number of benzene rings is 1. The molecule has 2 fully saturated rings. The first-order valence-electron chi connectivity index (χ1n) is 9.00. The summed E-state index contributed by atoms with van der Waals surface area (Å²) in [7, 11) is 0. The van der Waals surface area contributed by atoms with Crippen LogP contribution in [0.4, 0.5) is 18.9 Å². The molecule has 1 saturated carbocycles. The van der Waals surface area contributed by atoms with Crippen molar-refractivity contribution < 1.29 is 27.9 Å². The number of nitrogens with zero attached hydrogens (tertiary/aromatic N) is 2. The fourth-order valence-electron chi connectivity index (χ4n) is 4.49. The minimum atomic E-state index is -4.57. The number of likely N-dealkylation sites (tertiary alicyclic amines) is 1. The Kier molecular flexibility index (Phi) is 4.33. The van der Waals surface area contributed by atoms with Crippen LogP contribution in [0.3, 0.4) is 0 Å². The number of amides is 1. The smallest absolute Gasteiger partial charge is 0.449 e. The quantitative estimate of drug-likeness (QED) is 0.738. The zero-order valence-electron chi connectivity index (χ0n) is 14.8. The lowest BCUT2D eigenvalue weighted by molar-refractivity contribution is -0.149. The van der Waals surface area contributed by atoms with Crippen LogP contribution in [0.25, 0.3) is 11.0 Å². The van der Waals surface area contributed by atoms with E-state index in [9.17, 15) is 27.9 Å². The van der Waals surface area contributed by atoms with E-state index < -0.39 is 23.4 Å². The SMILES string of the molecule is O=C(CN1C[C@@H]2CCC[C@@]2(C(=O)O)C1)Nc1ccc2nc(C(F)(F)F)[nH]c2c1. The molecule has 10 heteroatoms. The zero-order chi connectivity index (χ0) is 20.1. The lowest BCUT2D eigenvalue weighted by Gasteiger charge is -2.23. The number of H-pyrrole nitrogens is 1. The number of anilines is 1. The van der Waals surface area contributed by atoms with Crippen molar-refractivity contribution in [2.24, 2.45) is 11.3 Å². The Morgan fingerprint density at radius 3 is 2.86 bits per heavy atom. The van der Waals surface area contributed by atoms with E-state index in [4.69, 9.17) is 0 Å². The summed E-state index contributed by atoms with van der Waals surface area (Å²) in [5.74, 6) is -2.17. The van der Waals surface area contributed by atoms with Crippen molar-refractivity contribution in [1.82, 2.24) is 14.9 Å². The molecule has 2 aromatic rings. The Hall–Kier alpha value is -2.62. The highest BCUT2D eigenvalue weighted by atomic mass is 19.4. The molecule has 1 aliphatic carbocycles. The number of halogens is 3. The first-order valence-corrected chi connectivity index (χ1v) is 9.00. The van der Waals surface area contributed by atoms with Crippen LogP contribution in [0.15, 0.2) is 18.2 Å². The number of aliphatic carboxylic acids is 1. The van der Waals surface area contributed by atoms with Crippen LogP contribution in [-0.2, 0) is 15.8 Å². The van der Waals surface area contributed by atoms with Crippen molar-refractivity contribution in [2.75, 3.05) is 25.0 Å². The first-order chi connectivity index (χ1) is 13.2. The number of rotatable bonds is 4. The van der Waals surface area contributed by atoms with Crippen molar-refractivity contribution in [3.8, 4) is 0 Å². The van der Waals surface area contributed by atoms with Gasteiger partial charge in [-0.3, -0.25) is 14.5 Å². The molecule has 1 aliphatic heterocycles. The average Bonchev–Trinajstić information content (AvgIpc) is 3.25. The number of carbonyl (C=O) groups excluding carboxylic acids is 1. The summed E-state index contributed by atoms with van der Waals surface area (Å²) in [6.45, 7) is 0.948. The third-order valence-corrected chi connectivity index (χ3v) is 5.77. The van der Waals surface area contributed by atoms with Gasteiger partial charge in [0.25, 0.3) is 0 Å². The number of aromatic nitrogens is 2. The van der Waals surface area contributed by atoms with E-state index >= 15 is 0 Å². The standard InChI is InChI=1S/C18H19F3N4O3/c19-18(20,21)15-23-12-4-3-11(6-13(12)24-15)22-14(26)8-25-7-10-2-1-5-17(10,9-25)16(27)28/h3-4,6,10H,1-2,5,7-9H2,(H,22,26)(H,23,24)(H,27,28)/t10-,17+/m0/s1. The molecule has 0 spiro atoms. The topological polar surface area (TPSA) is 98.3 Å². The van der Waals surface area contributed by atoms with Gasteiger partial charge in [-0.1, -0.05) is 6.42 Å². The highest BCUT2D eigenvalue weighted by Gasteiger charge is 2.54. The Labute approximate surface area is 157 Å². The van der Waals surface area contributed by atoms with Gasteiger partial charge in [-0.05, 0) is 37.0 Å². The maximum Gasteiger partial charge on any atom is 0.449 e. The molecule has 2 heterocycles. The third kappa shape index (κ3) is 3.21. The van der Waals surface area contributed by atoms with Crippen LogP contribution in [-0.4, -0.2) is 51.5 Å². The molecule has 150 valence electrons. The van der Waals surface area contributed by atoms with E-state index in [0.717, 1.165) is 12.8 Å². The highest BCUT2D eigenvalue weighted by Crippen LogP contribution is 2.48. The van der Waals surface area contributed by atoms with Gasteiger partial charge in [0.1, 0.15) is 0 Å². The van der Waals surface area contributed by atoms with Crippen LogP contribution in [0, 0.1) is 11.3 Å². The minimum Gasteiger partial charge on any atom is -0.481 e. The van der Waals surface area contributed by atoms with E-state index in [-0.39, 0.29) is 29.4 Å². The second-order valence-electron chi connectivity index (χ2n) is 7.58. The molecule has 4 rings (SSSR count). The number of imidazole rings is 1. The Balaban J connectivity index is 1.42. The second kappa shape index (κ2) is 6.47. The van der Waals surface area contributed by atoms with E-state index in [0.29, 0.717) is 25.2 Å². The number of alkyl halides is 3. The van der Waals surface area contributed by atoms with Gasteiger partial charge in [0.15, 0.2) is 0 Å². The molecular formula is C18H19F3N4O3. The number of aromatic amines is 1. The van der Waals surface area contributed by atoms with E-state index in [1.54, 1.807) is 0 Å². The lowest BCUT2D eigenvalue weighted by Crippen LogP contribution is -2.37. The van der Waals surface area contributed by atoms with Gasteiger partial charge in [0.2, 0.25) is 11.7 Å².